The number of hydrogen-bond donors (Lipinski definition) is 1. The lowest BCUT2D eigenvalue weighted by atomic mass is 10.3. The van der Waals surface area contributed by atoms with Gasteiger partial charge in [0.05, 0.1) is 11.4 Å². The molecule has 0 aliphatic rings. The molecule has 0 spiro atoms. The molecule has 2 aromatic carbocycles. The van der Waals surface area contributed by atoms with Gasteiger partial charge in [0.15, 0.2) is 0 Å². The van der Waals surface area contributed by atoms with Crippen molar-refractivity contribution in [1.29, 1.82) is 0 Å². The first-order chi connectivity index (χ1) is 10.0. The Morgan fingerprint density at radius 3 is 2.19 bits per heavy atom. The van der Waals surface area contributed by atoms with Crippen molar-refractivity contribution < 1.29 is 13.0 Å². The van der Waals surface area contributed by atoms with Crippen molar-refractivity contribution in [2.75, 3.05) is 7.05 Å². The van der Waals surface area contributed by atoms with Crippen LogP contribution in [-0.2, 0) is 10.1 Å². The average Bonchev–Trinajstić information content (AvgIpc) is 2.46. The first-order valence-corrected chi connectivity index (χ1v) is 7.33. The van der Waals surface area contributed by atoms with Crippen LogP contribution < -0.4 is 0 Å². The molecule has 0 saturated carbocycles. The molecule has 0 amide bonds. The maximum absolute atomic E-state index is 11.3. The van der Waals surface area contributed by atoms with Gasteiger partial charge in [0, 0.05) is 7.05 Å². The predicted octanol–water partition coefficient (Wildman–Crippen LogP) is 4.06. The van der Waals surface area contributed by atoms with Gasteiger partial charge in [-0.1, -0.05) is 18.2 Å². The van der Waals surface area contributed by atoms with Gasteiger partial charge in [-0.25, -0.2) is 0 Å². The first-order valence-electron chi connectivity index (χ1n) is 5.89. The summed E-state index contributed by atoms with van der Waals surface area (Å²) in [5.41, 5.74) is 0.948. The highest BCUT2D eigenvalue weighted by Crippen LogP contribution is 2.29. The molecule has 7 nitrogen and oxygen atoms in total. The van der Waals surface area contributed by atoms with Gasteiger partial charge in [0.1, 0.15) is 10.6 Å². The number of azo groups is 2. The van der Waals surface area contributed by atoms with E-state index in [-0.39, 0.29) is 16.3 Å². The van der Waals surface area contributed by atoms with Crippen LogP contribution in [0.3, 0.4) is 0 Å². The second-order valence-electron chi connectivity index (χ2n) is 3.96. The van der Waals surface area contributed by atoms with Crippen molar-refractivity contribution in [2.24, 2.45) is 20.5 Å². The molecule has 0 aliphatic heterocycles. The molecule has 0 atom stereocenters. The zero-order valence-electron chi connectivity index (χ0n) is 11.1. The molecule has 0 aromatic heterocycles. The van der Waals surface area contributed by atoms with Crippen molar-refractivity contribution in [3.05, 3.63) is 48.5 Å². The summed E-state index contributed by atoms with van der Waals surface area (Å²) in [5.74, 6) is 0. The summed E-state index contributed by atoms with van der Waals surface area (Å²) < 4.78 is 31.9. The lowest BCUT2D eigenvalue weighted by Crippen LogP contribution is -1.98. The minimum Gasteiger partial charge on any atom is -0.282 e. The van der Waals surface area contributed by atoms with Crippen LogP contribution in [0, 0.1) is 0 Å². The van der Waals surface area contributed by atoms with Gasteiger partial charge < -0.3 is 0 Å². The van der Waals surface area contributed by atoms with E-state index in [1.165, 1.54) is 25.2 Å². The van der Waals surface area contributed by atoms with Crippen LogP contribution in [-0.4, -0.2) is 20.0 Å². The molecule has 21 heavy (non-hydrogen) atoms. The van der Waals surface area contributed by atoms with Gasteiger partial charge in [-0.15, -0.1) is 0 Å². The molecule has 108 valence electrons. The van der Waals surface area contributed by atoms with Crippen LogP contribution in [0.2, 0.25) is 0 Å². The topological polar surface area (TPSA) is 104 Å². The van der Waals surface area contributed by atoms with Crippen molar-refractivity contribution >= 4 is 27.2 Å². The smallest absolute Gasteiger partial charge is 0.282 e. The van der Waals surface area contributed by atoms with Crippen molar-refractivity contribution in [3.63, 3.8) is 0 Å². The molecule has 1 N–H and O–H groups in total. The summed E-state index contributed by atoms with van der Waals surface area (Å²) in [6.07, 6.45) is 0. The van der Waals surface area contributed by atoms with Crippen molar-refractivity contribution in [2.45, 2.75) is 4.90 Å². The Morgan fingerprint density at radius 2 is 1.57 bits per heavy atom. The second kappa shape index (κ2) is 6.33. The van der Waals surface area contributed by atoms with E-state index in [4.69, 9.17) is 0 Å². The van der Waals surface area contributed by atoms with E-state index in [2.05, 4.69) is 20.5 Å². The number of benzene rings is 2. The van der Waals surface area contributed by atoms with Crippen LogP contribution in [0.4, 0.5) is 17.1 Å². The number of nitrogens with zero attached hydrogens (tertiary/aromatic N) is 4. The fraction of sp³-hybridized carbons (Fsp3) is 0.0769. The zero-order chi connectivity index (χ0) is 15.3. The SMILES string of the molecule is CN=Nc1ccc(N=Nc2ccccc2)cc1S(=O)(=O)O. The predicted molar refractivity (Wildman–Crippen MR) is 77.3 cm³/mol. The van der Waals surface area contributed by atoms with E-state index in [0.717, 1.165) is 0 Å². The average molecular weight is 304 g/mol. The molecule has 8 heteroatoms. The van der Waals surface area contributed by atoms with Crippen LogP contribution in [0.25, 0.3) is 0 Å². The second-order valence-corrected chi connectivity index (χ2v) is 5.35. The molecule has 0 saturated heterocycles. The van der Waals surface area contributed by atoms with Gasteiger partial charge in [-0.3, -0.25) is 4.55 Å². The minimum atomic E-state index is -4.42. The summed E-state index contributed by atoms with van der Waals surface area (Å²) >= 11 is 0. The Bertz CT molecular complexity index is 786. The summed E-state index contributed by atoms with van der Waals surface area (Å²) in [6, 6.07) is 13.1. The molecule has 0 fully saturated rings. The Kier molecular flexibility index (Phi) is 4.51. The third-order valence-electron chi connectivity index (χ3n) is 2.47. The normalized spacial score (nSPS) is 12.3. The van der Waals surface area contributed by atoms with E-state index in [1.807, 2.05) is 18.2 Å². The maximum atomic E-state index is 11.3. The zero-order valence-corrected chi connectivity index (χ0v) is 11.9. The van der Waals surface area contributed by atoms with Crippen LogP contribution in [0.15, 0.2) is 73.9 Å². The first kappa shape index (κ1) is 14.9. The highest BCUT2D eigenvalue weighted by atomic mass is 32.2. The molecule has 2 rings (SSSR count). The van der Waals surface area contributed by atoms with Gasteiger partial charge in [0.25, 0.3) is 10.1 Å². The van der Waals surface area contributed by atoms with Crippen molar-refractivity contribution in [1.82, 2.24) is 0 Å². The van der Waals surface area contributed by atoms with Gasteiger partial charge in [-0.05, 0) is 30.3 Å². The van der Waals surface area contributed by atoms with E-state index in [0.29, 0.717) is 5.69 Å². The third kappa shape index (κ3) is 4.01. The summed E-state index contributed by atoms with van der Waals surface area (Å²) in [7, 11) is -3.02. The van der Waals surface area contributed by atoms with Gasteiger partial charge in [-0.2, -0.15) is 28.9 Å². The molecular weight excluding hydrogens is 292 g/mol. The van der Waals surface area contributed by atoms with E-state index in [1.54, 1.807) is 12.1 Å². The minimum absolute atomic E-state index is 0.0404. The Labute approximate surface area is 121 Å². The summed E-state index contributed by atoms with van der Waals surface area (Å²) in [6.45, 7) is 0. The lowest BCUT2D eigenvalue weighted by Gasteiger charge is -2.02. The fourth-order valence-electron chi connectivity index (χ4n) is 1.57. The molecule has 2 aromatic rings. The Balaban J connectivity index is 2.41. The maximum Gasteiger partial charge on any atom is 0.296 e. The molecule has 0 bridgehead atoms. The summed E-state index contributed by atoms with van der Waals surface area (Å²) in [4.78, 5) is -0.363. The number of hydrogen-bond acceptors (Lipinski definition) is 6. The van der Waals surface area contributed by atoms with Crippen LogP contribution in [0.1, 0.15) is 0 Å². The van der Waals surface area contributed by atoms with E-state index < -0.39 is 10.1 Å². The Hall–Kier alpha value is -2.45. The number of rotatable bonds is 4. The van der Waals surface area contributed by atoms with Crippen LogP contribution in [0.5, 0.6) is 0 Å². The third-order valence-corrected chi connectivity index (χ3v) is 3.35. The van der Waals surface area contributed by atoms with E-state index >= 15 is 0 Å². The summed E-state index contributed by atoms with van der Waals surface area (Å²) in [5, 5.41) is 15.0. The molecule has 0 radical (unpaired) electrons. The Morgan fingerprint density at radius 1 is 0.905 bits per heavy atom. The van der Waals surface area contributed by atoms with Crippen LogP contribution >= 0.6 is 0 Å². The quantitative estimate of drug-likeness (QED) is 0.680. The van der Waals surface area contributed by atoms with Gasteiger partial charge >= 0.3 is 0 Å². The monoisotopic (exact) mass is 304 g/mol. The molecule has 0 heterocycles. The highest BCUT2D eigenvalue weighted by molar-refractivity contribution is 7.86. The highest BCUT2D eigenvalue weighted by Gasteiger charge is 2.16. The van der Waals surface area contributed by atoms with Crippen molar-refractivity contribution in [3.8, 4) is 0 Å². The molecule has 0 unspecified atom stereocenters. The molecule has 0 aliphatic carbocycles. The lowest BCUT2D eigenvalue weighted by molar-refractivity contribution is 0.483. The standard InChI is InChI=1S/C13H12N4O3S/c1-14-17-12-8-7-11(9-13(12)21(18,19)20)16-15-10-5-3-2-4-6-10/h2-9H,1H3,(H,18,19,20). The van der Waals surface area contributed by atoms with E-state index in [9.17, 15) is 13.0 Å². The largest absolute Gasteiger partial charge is 0.296 e. The molecular formula is C13H12N4O3S. The fourth-order valence-corrected chi connectivity index (χ4v) is 2.21. The van der Waals surface area contributed by atoms with Gasteiger partial charge in [0.2, 0.25) is 0 Å².